The summed E-state index contributed by atoms with van der Waals surface area (Å²) in [4.78, 5) is 8.60. The zero-order valence-corrected chi connectivity index (χ0v) is 11.4. The van der Waals surface area contributed by atoms with Crippen molar-refractivity contribution in [1.82, 2.24) is 9.97 Å². The average Bonchev–Trinajstić information content (AvgIpc) is 2.28. The number of anilines is 1. The van der Waals surface area contributed by atoms with Gasteiger partial charge in [0.05, 0.1) is 5.02 Å². The minimum atomic E-state index is 0.551. The Morgan fingerprint density at radius 2 is 2.06 bits per heavy atom. The number of nitrogens with zero attached hydrogens (tertiary/aromatic N) is 2. The van der Waals surface area contributed by atoms with E-state index in [9.17, 15) is 0 Å². The van der Waals surface area contributed by atoms with Gasteiger partial charge in [0.1, 0.15) is 5.82 Å². The van der Waals surface area contributed by atoms with Crippen molar-refractivity contribution in [3.8, 4) is 11.4 Å². The lowest BCUT2D eigenvalue weighted by Crippen LogP contribution is -2.10. The Kier molecular flexibility index (Phi) is 3.61. The monoisotopic (exact) mass is 312 g/mol. The van der Waals surface area contributed by atoms with Crippen molar-refractivity contribution in [3.63, 3.8) is 0 Å². The Balaban J connectivity index is 2.55. The molecule has 1 heterocycles. The molecule has 0 aliphatic carbocycles. The van der Waals surface area contributed by atoms with Crippen molar-refractivity contribution in [1.29, 1.82) is 0 Å². The Hall–Kier alpha value is -1.17. The number of aryl methyl sites for hydroxylation is 1. The number of nitrogen functional groups attached to an aromatic ring is 1. The first-order valence-electron chi connectivity index (χ1n) is 4.88. The van der Waals surface area contributed by atoms with Crippen molar-refractivity contribution in [2.24, 2.45) is 5.84 Å². The maximum atomic E-state index is 6.15. The molecule has 4 nitrogen and oxygen atoms in total. The quantitative estimate of drug-likeness (QED) is 0.660. The lowest BCUT2D eigenvalue weighted by Gasteiger charge is -2.07. The van der Waals surface area contributed by atoms with Crippen molar-refractivity contribution in [3.05, 3.63) is 39.5 Å². The highest BCUT2D eigenvalue weighted by molar-refractivity contribution is 9.10. The van der Waals surface area contributed by atoms with Gasteiger partial charge in [0, 0.05) is 21.8 Å². The molecule has 88 valence electrons. The van der Waals surface area contributed by atoms with Crippen molar-refractivity contribution in [2.45, 2.75) is 6.92 Å². The molecule has 0 fully saturated rings. The van der Waals surface area contributed by atoms with Gasteiger partial charge in [-0.3, -0.25) is 0 Å². The third-order valence-electron chi connectivity index (χ3n) is 2.17. The van der Waals surface area contributed by atoms with Gasteiger partial charge in [-0.25, -0.2) is 15.8 Å². The molecular formula is C11H10BrClN4. The number of hydrazine groups is 1. The highest BCUT2D eigenvalue weighted by Gasteiger charge is 2.08. The average molecular weight is 314 g/mol. The van der Waals surface area contributed by atoms with Gasteiger partial charge in [0.15, 0.2) is 5.82 Å². The summed E-state index contributed by atoms with van der Waals surface area (Å²) in [5.74, 6) is 6.46. The fourth-order valence-electron chi connectivity index (χ4n) is 1.43. The second kappa shape index (κ2) is 5.00. The molecular weight excluding hydrogens is 304 g/mol. The van der Waals surface area contributed by atoms with Crippen LogP contribution in [0.15, 0.2) is 28.7 Å². The van der Waals surface area contributed by atoms with Gasteiger partial charge >= 0.3 is 0 Å². The molecule has 0 amide bonds. The van der Waals surface area contributed by atoms with Gasteiger partial charge in [-0.15, -0.1) is 0 Å². The van der Waals surface area contributed by atoms with Crippen LogP contribution in [0.3, 0.4) is 0 Å². The number of hydrogen-bond acceptors (Lipinski definition) is 4. The van der Waals surface area contributed by atoms with E-state index in [1.54, 1.807) is 12.1 Å². The number of nitrogens with one attached hydrogen (secondary N) is 1. The van der Waals surface area contributed by atoms with Gasteiger partial charge in [0.25, 0.3) is 0 Å². The number of benzene rings is 1. The minimum Gasteiger partial charge on any atom is -0.308 e. The van der Waals surface area contributed by atoms with Gasteiger partial charge in [-0.05, 0) is 25.1 Å². The zero-order chi connectivity index (χ0) is 12.4. The lowest BCUT2D eigenvalue weighted by atomic mass is 10.2. The molecule has 1 aromatic heterocycles. The maximum Gasteiger partial charge on any atom is 0.163 e. The summed E-state index contributed by atoms with van der Waals surface area (Å²) in [6.07, 6.45) is 0. The summed E-state index contributed by atoms with van der Waals surface area (Å²) in [5, 5.41) is 0.591. The second-order valence-corrected chi connectivity index (χ2v) is 4.81. The fourth-order valence-corrected chi connectivity index (χ4v) is 2.19. The predicted molar refractivity (Wildman–Crippen MR) is 72.7 cm³/mol. The molecule has 0 aliphatic rings. The van der Waals surface area contributed by atoms with Gasteiger partial charge in [-0.1, -0.05) is 27.5 Å². The number of aromatic nitrogens is 2. The fraction of sp³-hybridized carbons (Fsp3) is 0.0909. The lowest BCUT2D eigenvalue weighted by molar-refractivity contribution is 1.09. The third-order valence-corrected chi connectivity index (χ3v) is 2.98. The summed E-state index contributed by atoms with van der Waals surface area (Å²) in [7, 11) is 0. The number of halogens is 2. The standard InChI is InChI=1S/C11H10BrClN4/c1-6-4-10(17-14)16-11(15-6)8-3-2-7(12)5-9(8)13/h2-5H,14H2,1H3,(H,15,16,17). The smallest absolute Gasteiger partial charge is 0.163 e. The Morgan fingerprint density at radius 3 is 2.71 bits per heavy atom. The molecule has 0 saturated heterocycles. The summed E-state index contributed by atoms with van der Waals surface area (Å²) in [6, 6.07) is 7.32. The molecule has 0 unspecified atom stereocenters. The largest absolute Gasteiger partial charge is 0.308 e. The second-order valence-electron chi connectivity index (χ2n) is 3.49. The first kappa shape index (κ1) is 12.3. The summed E-state index contributed by atoms with van der Waals surface area (Å²) < 4.78 is 0.913. The van der Waals surface area contributed by atoms with Gasteiger partial charge < -0.3 is 5.43 Å². The van der Waals surface area contributed by atoms with E-state index in [2.05, 4.69) is 31.3 Å². The van der Waals surface area contributed by atoms with Crippen LogP contribution in [0.2, 0.25) is 5.02 Å². The zero-order valence-electron chi connectivity index (χ0n) is 9.04. The van der Waals surface area contributed by atoms with Crippen LogP contribution in [0.5, 0.6) is 0 Å². The number of nitrogens with two attached hydrogens (primary N) is 1. The molecule has 0 radical (unpaired) electrons. The van der Waals surface area contributed by atoms with E-state index in [0.717, 1.165) is 15.7 Å². The van der Waals surface area contributed by atoms with Crippen LogP contribution in [-0.2, 0) is 0 Å². The first-order chi connectivity index (χ1) is 8.10. The Morgan fingerprint density at radius 1 is 1.29 bits per heavy atom. The summed E-state index contributed by atoms with van der Waals surface area (Å²) >= 11 is 9.50. The molecule has 0 saturated carbocycles. The number of hydrogen-bond donors (Lipinski definition) is 2. The van der Waals surface area contributed by atoms with Crippen molar-refractivity contribution in [2.75, 3.05) is 5.43 Å². The maximum absolute atomic E-state index is 6.15. The summed E-state index contributed by atoms with van der Waals surface area (Å²) in [6.45, 7) is 1.87. The molecule has 2 rings (SSSR count). The van der Waals surface area contributed by atoms with E-state index < -0.39 is 0 Å². The third kappa shape index (κ3) is 2.74. The van der Waals surface area contributed by atoms with Crippen LogP contribution in [0, 0.1) is 6.92 Å². The SMILES string of the molecule is Cc1cc(NN)nc(-c2ccc(Br)cc2Cl)n1. The molecule has 3 N–H and O–H groups in total. The van der Waals surface area contributed by atoms with Crippen LogP contribution in [0.1, 0.15) is 5.69 Å². The molecule has 0 aliphatic heterocycles. The Labute approximate surface area is 112 Å². The molecule has 6 heteroatoms. The molecule has 17 heavy (non-hydrogen) atoms. The topological polar surface area (TPSA) is 63.8 Å². The van der Waals surface area contributed by atoms with Crippen molar-refractivity contribution < 1.29 is 0 Å². The minimum absolute atomic E-state index is 0.551. The van der Waals surface area contributed by atoms with Crippen LogP contribution in [0.4, 0.5) is 5.82 Å². The summed E-state index contributed by atoms with van der Waals surface area (Å²) in [5.41, 5.74) is 4.10. The highest BCUT2D eigenvalue weighted by Crippen LogP contribution is 2.28. The number of rotatable bonds is 2. The van der Waals surface area contributed by atoms with Crippen LogP contribution in [-0.4, -0.2) is 9.97 Å². The van der Waals surface area contributed by atoms with Crippen LogP contribution >= 0.6 is 27.5 Å². The van der Waals surface area contributed by atoms with E-state index in [-0.39, 0.29) is 0 Å². The van der Waals surface area contributed by atoms with Crippen LogP contribution in [0.25, 0.3) is 11.4 Å². The van der Waals surface area contributed by atoms with E-state index in [1.165, 1.54) is 0 Å². The molecule has 2 aromatic rings. The van der Waals surface area contributed by atoms with Gasteiger partial charge in [0.2, 0.25) is 0 Å². The van der Waals surface area contributed by atoms with E-state index in [0.29, 0.717) is 16.7 Å². The predicted octanol–water partition coefficient (Wildman–Crippen LogP) is 3.15. The van der Waals surface area contributed by atoms with Gasteiger partial charge in [-0.2, -0.15) is 0 Å². The van der Waals surface area contributed by atoms with Crippen molar-refractivity contribution >= 4 is 33.3 Å². The van der Waals surface area contributed by atoms with E-state index in [1.807, 2.05) is 19.1 Å². The molecule has 0 spiro atoms. The Bertz CT molecular complexity index is 559. The highest BCUT2D eigenvalue weighted by atomic mass is 79.9. The van der Waals surface area contributed by atoms with E-state index >= 15 is 0 Å². The first-order valence-corrected chi connectivity index (χ1v) is 6.05. The van der Waals surface area contributed by atoms with E-state index in [4.69, 9.17) is 17.4 Å². The van der Waals surface area contributed by atoms with Crippen LogP contribution < -0.4 is 11.3 Å². The molecule has 0 atom stereocenters. The normalized spacial score (nSPS) is 10.4. The molecule has 0 bridgehead atoms. The molecule has 1 aromatic carbocycles.